The smallest absolute Gasteiger partial charge is 0.270 e. The molecule has 1 aliphatic carbocycles. The Morgan fingerprint density at radius 2 is 1.81 bits per heavy atom. The second-order valence-electron chi connectivity index (χ2n) is 9.34. The number of para-hydroxylation sites is 1. The van der Waals surface area contributed by atoms with E-state index in [9.17, 15) is 19.2 Å². The zero-order valence-electron chi connectivity index (χ0n) is 19.6. The third kappa shape index (κ3) is 5.59. The van der Waals surface area contributed by atoms with Gasteiger partial charge in [-0.3, -0.25) is 24.2 Å². The van der Waals surface area contributed by atoms with Crippen LogP contribution in [0.25, 0.3) is 10.2 Å². The second-order valence-corrected chi connectivity index (χ2v) is 10.4. The van der Waals surface area contributed by atoms with Crippen LogP contribution in [0.2, 0.25) is 0 Å². The summed E-state index contributed by atoms with van der Waals surface area (Å²) >= 11 is 1.27. The largest absolute Gasteiger partial charge is 0.356 e. The van der Waals surface area contributed by atoms with Gasteiger partial charge >= 0.3 is 0 Å². The fraction of sp³-hybridized carbons (Fsp3) is 0.385. The standard InChI is InChI=1S/C26H27N5O4S/c32-22(26-31-17-5-1-2-7-21(17)36-26)19(14-16-10-12-28-23(16)33)29-25(35)20(13-15-8-9-15)30-24(34)18-6-3-4-11-27-18/h1-7,11,15-16,19-20H,8-10,12-14H2,(H,28,33)(H,29,35)(H,30,34)/t16-,19-,20-/m0/s1. The maximum atomic E-state index is 13.5. The molecule has 3 amide bonds. The van der Waals surface area contributed by atoms with Crippen LogP contribution < -0.4 is 16.0 Å². The van der Waals surface area contributed by atoms with Gasteiger partial charge in [0.25, 0.3) is 5.91 Å². The number of pyridine rings is 1. The predicted octanol–water partition coefficient (Wildman–Crippen LogP) is 2.48. The normalized spacial score (nSPS) is 18.9. The molecule has 0 unspecified atom stereocenters. The number of hydrogen-bond acceptors (Lipinski definition) is 7. The number of carbonyl (C=O) groups excluding carboxylic acids is 4. The maximum absolute atomic E-state index is 13.5. The minimum absolute atomic E-state index is 0.121. The third-order valence-corrected chi connectivity index (χ3v) is 7.66. The zero-order chi connectivity index (χ0) is 25.1. The van der Waals surface area contributed by atoms with Crippen molar-refractivity contribution < 1.29 is 19.2 Å². The molecule has 0 radical (unpaired) electrons. The highest BCUT2D eigenvalue weighted by molar-refractivity contribution is 7.20. The number of thiazole rings is 1. The summed E-state index contributed by atoms with van der Waals surface area (Å²) in [4.78, 5) is 60.5. The minimum atomic E-state index is -0.930. The van der Waals surface area contributed by atoms with Crippen molar-refractivity contribution in [3.63, 3.8) is 0 Å². The van der Waals surface area contributed by atoms with Crippen LogP contribution in [-0.4, -0.2) is 52.1 Å². The average molecular weight is 506 g/mol. The number of aromatic nitrogens is 2. The molecule has 1 saturated carbocycles. The molecule has 2 fully saturated rings. The molecular formula is C26H27N5O4S. The predicted molar refractivity (Wildman–Crippen MR) is 134 cm³/mol. The Bertz CT molecular complexity index is 1260. The second kappa shape index (κ2) is 10.5. The molecule has 2 aliphatic rings. The Morgan fingerprint density at radius 3 is 2.50 bits per heavy atom. The van der Waals surface area contributed by atoms with Gasteiger partial charge in [0.05, 0.1) is 16.3 Å². The van der Waals surface area contributed by atoms with Gasteiger partial charge in [0, 0.05) is 18.7 Å². The Morgan fingerprint density at radius 1 is 1.00 bits per heavy atom. The van der Waals surface area contributed by atoms with Gasteiger partial charge in [-0.2, -0.15) is 0 Å². The van der Waals surface area contributed by atoms with Crippen LogP contribution in [0.3, 0.4) is 0 Å². The fourth-order valence-corrected chi connectivity index (χ4v) is 5.39. The van der Waals surface area contributed by atoms with Crippen molar-refractivity contribution in [1.82, 2.24) is 25.9 Å². The molecule has 186 valence electrons. The summed E-state index contributed by atoms with van der Waals surface area (Å²) in [5, 5.41) is 8.73. The Hall–Kier alpha value is -3.66. The number of nitrogens with one attached hydrogen (secondary N) is 3. The number of ketones is 1. The van der Waals surface area contributed by atoms with E-state index >= 15 is 0 Å². The van der Waals surface area contributed by atoms with Crippen LogP contribution in [0.4, 0.5) is 0 Å². The molecule has 1 aliphatic heterocycles. The van der Waals surface area contributed by atoms with Crippen molar-refractivity contribution in [2.45, 2.75) is 44.2 Å². The van der Waals surface area contributed by atoms with Crippen molar-refractivity contribution in [2.75, 3.05) is 6.54 Å². The Kier molecular flexibility index (Phi) is 7.04. The van der Waals surface area contributed by atoms with Crippen molar-refractivity contribution in [1.29, 1.82) is 0 Å². The highest BCUT2D eigenvalue weighted by Gasteiger charge is 2.36. The molecule has 36 heavy (non-hydrogen) atoms. The van der Waals surface area contributed by atoms with Gasteiger partial charge in [0.15, 0.2) is 5.01 Å². The number of rotatable bonds is 10. The summed E-state index contributed by atoms with van der Waals surface area (Å²) in [6.45, 7) is 0.546. The molecule has 10 heteroatoms. The van der Waals surface area contributed by atoms with E-state index in [-0.39, 0.29) is 34.7 Å². The van der Waals surface area contributed by atoms with Crippen LogP contribution in [0, 0.1) is 11.8 Å². The van der Waals surface area contributed by atoms with Crippen molar-refractivity contribution in [3.05, 3.63) is 59.4 Å². The van der Waals surface area contributed by atoms with E-state index in [1.165, 1.54) is 17.5 Å². The number of fused-ring (bicyclic) bond motifs is 1. The number of nitrogens with zero attached hydrogens (tertiary/aromatic N) is 2. The van der Waals surface area contributed by atoms with Gasteiger partial charge < -0.3 is 16.0 Å². The van der Waals surface area contributed by atoms with E-state index in [2.05, 4.69) is 25.9 Å². The fourth-order valence-electron chi connectivity index (χ4n) is 4.43. The van der Waals surface area contributed by atoms with Gasteiger partial charge in [-0.1, -0.05) is 31.0 Å². The lowest BCUT2D eigenvalue weighted by Gasteiger charge is -2.23. The first-order chi connectivity index (χ1) is 17.5. The van der Waals surface area contributed by atoms with Gasteiger partial charge in [-0.05, 0) is 49.4 Å². The van der Waals surface area contributed by atoms with E-state index in [0.29, 0.717) is 30.8 Å². The number of benzene rings is 1. The molecule has 0 spiro atoms. The van der Waals surface area contributed by atoms with Gasteiger partial charge in [-0.15, -0.1) is 11.3 Å². The molecule has 3 heterocycles. The molecule has 0 bridgehead atoms. The van der Waals surface area contributed by atoms with Crippen LogP contribution in [0.1, 0.15) is 52.4 Å². The molecule has 3 aromatic rings. The van der Waals surface area contributed by atoms with E-state index in [0.717, 1.165) is 17.5 Å². The Labute approximate surface area is 212 Å². The molecule has 1 saturated heterocycles. The molecular weight excluding hydrogens is 478 g/mol. The molecule has 3 atom stereocenters. The van der Waals surface area contributed by atoms with Crippen molar-refractivity contribution >= 4 is 45.1 Å². The SMILES string of the molecule is O=C(N[C@@H](CC1CC1)C(=O)N[C@@H](C[C@@H]1CCNC1=O)C(=O)c1nc2ccccc2s1)c1ccccn1. The van der Waals surface area contributed by atoms with Crippen LogP contribution >= 0.6 is 11.3 Å². The summed E-state index contributed by atoms with van der Waals surface area (Å²) in [6, 6.07) is 10.7. The summed E-state index contributed by atoms with van der Waals surface area (Å²) in [5.74, 6) is -1.36. The molecule has 5 rings (SSSR count). The van der Waals surface area contributed by atoms with Crippen LogP contribution in [0.15, 0.2) is 48.7 Å². The molecule has 3 N–H and O–H groups in total. The average Bonchev–Trinajstić information content (AvgIpc) is 3.46. The number of Topliss-reactive ketones (excluding diaryl/α,β-unsaturated/α-hetero) is 1. The van der Waals surface area contributed by atoms with Gasteiger partial charge in [0.1, 0.15) is 11.7 Å². The van der Waals surface area contributed by atoms with Gasteiger partial charge in [-0.25, -0.2) is 4.98 Å². The first kappa shape index (κ1) is 24.1. The monoisotopic (exact) mass is 505 g/mol. The van der Waals surface area contributed by atoms with Crippen LogP contribution in [0.5, 0.6) is 0 Å². The van der Waals surface area contributed by atoms with E-state index in [1.54, 1.807) is 18.2 Å². The van der Waals surface area contributed by atoms with E-state index in [1.807, 2.05) is 24.3 Å². The third-order valence-electron chi connectivity index (χ3n) is 6.61. The number of carbonyl (C=O) groups is 4. The summed E-state index contributed by atoms with van der Waals surface area (Å²) in [7, 11) is 0. The highest BCUT2D eigenvalue weighted by atomic mass is 32.1. The number of hydrogen-bond donors (Lipinski definition) is 3. The topological polar surface area (TPSA) is 130 Å². The van der Waals surface area contributed by atoms with Crippen molar-refractivity contribution in [2.24, 2.45) is 11.8 Å². The van der Waals surface area contributed by atoms with Gasteiger partial charge in [0.2, 0.25) is 17.6 Å². The Balaban J connectivity index is 1.36. The minimum Gasteiger partial charge on any atom is -0.356 e. The lowest BCUT2D eigenvalue weighted by Crippen LogP contribution is -2.52. The van der Waals surface area contributed by atoms with Crippen molar-refractivity contribution in [3.8, 4) is 0 Å². The van der Waals surface area contributed by atoms with E-state index in [4.69, 9.17) is 0 Å². The quantitative estimate of drug-likeness (QED) is 0.363. The highest BCUT2D eigenvalue weighted by Crippen LogP contribution is 2.34. The van der Waals surface area contributed by atoms with Crippen LogP contribution in [-0.2, 0) is 9.59 Å². The maximum Gasteiger partial charge on any atom is 0.270 e. The first-order valence-electron chi connectivity index (χ1n) is 12.2. The lowest BCUT2D eigenvalue weighted by molar-refractivity contribution is -0.125. The lowest BCUT2D eigenvalue weighted by atomic mass is 9.95. The summed E-state index contributed by atoms with van der Waals surface area (Å²) in [5.41, 5.74) is 0.930. The molecule has 1 aromatic carbocycles. The molecule has 9 nitrogen and oxygen atoms in total. The zero-order valence-corrected chi connectivity index (χ0v) is 20.4. The van der Waals surface area contributed by atoms with E-state index < -0.39 is 23.9 Å². The molecule has 2 aromatic heterocycles. The first-order valence-corrected chi connectivity index (χ1v) is 13.0. The summed E-state index contributed by atoms with van der Waals surface area (Å²) < 4.78 is 0.874. The number of amides is 3. The summed E-state index contributed by atoms with van der Waals surface area (Å²) in [6.07, 6.45) is 4.77.